The molecular weight excluding hydrogens is 398 g/mol. The quantitative estimate of drug-likeness (QED) is 0.807. The minimum absolute atomic E-state index is 0.0277. The maximum atomic E-state index is 10.2. The molecule has 2 atom stereocenters. The Balaban J connectivity index is 1.88. The zero-order valence-electron chi connectivity index (χ0n) is 17.8. The van der Waals surface area contributed by atoms with Gasteiger partial charge < -0.3 is 10.5 Å². The molecule has 32 heavy (non-hydrogen) atoms. The summed E-state index contributed by atoms with van der Waals surface area (Å²) in [6.07, 6.45) is 2.02. The van der Waals surface area contributed by atoms with Gasteiger partial charge in [-0.1, -0.05) is 54.6 Å². The summed E-state index contributed by atoms with van der Waals surface area (Å²) in [7, 11) is 1.57. The van der Waals surface area contributed by atoms with Crippen LogP contribution >= 0.6 is 0 Å². The van der Waals surface area contributed by atoms with Gasteiger partial charge in [0.05, 0.1) is 30.5 Å². The maximum Gasteiger partial charge on any atom is 0.191 e. The Kier molecular flexibility index (Phi) is 5.69. The van der Waals surface area contributed by atoms with Gasteiger partial charge in [0.1, 0.15) is 11.8 Å². The SMILES string of the molecule is COc1ccccc1[C@@H]1[C@H]2CN(Cc3ccccc3)CC=C2C(C#N)=C(N)C1(C#N)C#N. The van der Waals surface area contributed by atoms with Crippen LogP contribution in [-0.4, -0.2) is 25.1 Å². The van der Waals surface area contributed by atoms with E-state index in [1.807, 2.05) is 48.5 Å². The van der Waals surface area contributed by atoms with Gasteiger partial charge in [-0.05, 0) is 17.2 Å². The molecule has 0 radical (unpaired) electrons. The molecule has 2 aromatic rings. The molecule has 2 aliphatic rings. The highest BCUT2D eigenvalue weighted by atomic mass is 16.5. The summed E-state index contributed by atoms with van der Waals surface area (Å²) >= 11 is 0. The average Bonchev–Trinajstić information content (AvgIpc) is 2.84. The Bertz CT molecular complexity index is 1200. The van der Waals surface area contributed by atoms with Crippen LogP contribution in [0.5, 0.6) is 5.75 Å². The number of nitrogens with zero attached hydrogens (tertiary/aromatic N) is 4. The van der Waals surface area contributed by atoms with Crippen molar-refractivity contribution in [1.82, 2.24) is 4.90 Å². The van der Waals surface area contributed by atoms with Gasteiger partial charge >= 0.3 is 0 Å². The Labute approximate surface area is 188 Å². The van der Waals surface area contributed by atoms with Crippen LogP contribution in [0.1, 0.15) is 17.0 Å². The summed E-state index contributed by atoms with van der Waals surface area (Å²) in [5.74, 6) is -0.235. The first-order chi connectivity index (χ1) is 15.6. The van der Waals surface area contributed by atoms with Gasteiger partial charge in [0.2, 0.25) is 0 Å². The molecule has 0 fully saturated rings. The molecule has 0 spiro atoms. The fourth-order valence-electron chi connectivity index (χ4n) is 4.98. The molecule has 2 aromatic carbocycles. The van der Waals surface area contributed by atoms with Crippen molar-refractivity contribution in [2.24, 2.45) is 17.1 Å². The van der Waals surface area contributed by atoms with E-state index in [2.05, 4.69) is 35.2 Å². The van der Waals surface area contributed by atoms with Gasteiger partial charge in [0, 0.05) is 37.0 Å². The van der Waals surface area contributed by atoms with Crippen molar-refractivity contribution >= 4 is 0 Å². The summed E-state index contributed by atoms with van der Waals surface area (Å²) in [6, 6.07) is 24.1. The highest BCUT2D eigenvalue weighted by Crippen LogP contribution is 2.55. The van der Waals surface area contributed by atoms with Gasteiger partial charge in [-0.3, -0.25) is 4.90 Å². The Morgan fingerprint density at radius 2 is 1.75 bits per heavy atom. The molecular formula is C26H23N5O. The molecule has 1 aliphatic carbocycles. The lowest BCUT2D eigenvalue weighted by atomic mass is 9.58. The van der Waals surface area contributed by atoms with Gasteiger partial charge in [-0.15, -0.1) is 0 Å². The minimum Gasteiger partial charge on any atom is -0.496 e. The van der Waals surface area contributed by atoms with E-state index >= 15 is 0 Å². The highest BCUT2D eigenvalue weighted by Gasteiger charge is 2.55. The molecule has 1 aliphatic heterocycles. The second-order valence-electron chi connectivity index (χ2n) is 8.10. The van der Waals surface area contributed by atoms with Crippen LogP contribution in [0.25, 0.3) is 0 Å². The minimum atomic E-state index is -1.67. The number of hydrogen-bond acceptors (Lipinski definition) is 6. The largest absolute Gasteiger partial charge is 0.496 e. The van der Waals surface area contributed by atoms with Crippen LogP contribution in [0.4, 0.5) is 0 Å². The van der Waals surface area contributed by atoms with Gasteiger partial charge in [-0.25, -0.2) is 0 Å². The van der Waals surface area contributed by atoms with Crippen molar-refractivity contribution < 1.29 is 4.74 Å². The lowest BCUT2D eigenvalue weighted by Gasteiger charge is -2.45. The third-order valence-electron chi connectivity index (χ3n) is 6.46. The van der Waals surface area contributed by atoms with Crippen molar-refractivity contribution in [3.63, 3.8) is 0 Å². The van der Waals surface area contributed by atoms with Crippen molar-refractivity contribution in [1.29, 1.82) is 15.8 Å². The molecule has 2 N–H and O–H groups in total. The number of fused-ring (bicyclic) bond motifs is 1. The van der Waals surface area contributed by atoms with Crippen molar-refractivity contribution in [2.45, 2.75) is 12.5 Å². The lowest BCUT2D eigenvalue weighted by Crippen LogP contribution is -2.47. The topological polar surface area (TPSA) is 110 Å². The third kappa shape index (κ3) is 3.30. The van der Waals surface area contributed by atoms with Crippen LogP contribution in [0.2, 0.25) is 0 Å². The summed E-state index contributed by atoms with van der Waals surface area (Å²) in [5.41, 5.74) is 7.74. The molecule has 0 bridgehead atoms. The number of allylic oxidation sites excluding steroid dienone is 2. The van der Waals surface area contributed by atoms with E-state index in [1.54, 1.807) is 7.11 Å². The number of hydrogen-bond donors (Lipinski definition) is 1. The summed E-state index contributed by atoms with van der Waals surface area (Å²) in [6.45, 7) is 1.98. The molecule has 0 amide bonds. The molecule has 0 unspecified atom stereocenters. The first-order valence-corrected chi connectivity index (χ1v) is 10.4. The zero-order chi connectivity index (χ0) is 22.7. The van der Waals surface area contributed by atoms with Crippen LogP contribution in [0.15, 0.2) is 77.5 Å². The normalized spacial score (nSPS) is 22.0. The van der Waals surface area contributed by atoms with Crippen LogP contribution in [0, 0.1) is 45.3 Å². The van der Waals surface area contributed by atoms with E-state index in [0.29, 0.717) is 18.8 Å². The number of rotatable bonds is 4. The fraction of sp³-hybridized carbons (Fsp3) is 0.269. The molecule has 158 valence electrons. The van der Waals surface area contributed by atoms with Crippen molar-refractivity contribution in [3.05, 3.63) is 88.6 Å². The number of ether oxygens (including phenoxy) is 1. The standard InChI is InChI=1S/C26H23N5O/c1-32-23-10-6-5-9-20(23)24-22-15-31(14-18-7-3-2-4-8-18)12-11-19(22)21(13-27)25(30)26(24,16-28)17-29/h2-11,22,24H,12,14-15,30H2,1H3/t22-,24+/m0/s1. The Morgan fingerprint density at radius 1 is 1.06 bits per heavy atom. The number of methoxy groups -OCH3 is 1. The maximum absolute atomic E-state index is 10.2. The van der Waals surface area contributed by atoms with E-state index in [9.17, 15) is 15.8 Å². The van der Waals surface area contributed by atoms with Crippen LogP contribution in [-0.2, 0) is 6.54 Å². The second-order valence-corrected chi connectivity index (χ2v) is 8.10. The summed E-state index contributed by atoms with van der Waals surface area (Å²) in [5, 5.41) is 30.4. The van der Waals surface area contributed by atoms with E-state index in [4.69, 9.17) is 10.5 Å². The molecule has 1 heterocycles. The zero-order valence-corrected chi connectivity index (χ0v) is 17.8. The molecule has 0 saturated heterocycles. The van der Waals surface area contributed by atoms with Crippen molar-refractivity contribution in [3.8, 4) is 24.0 Å². The number of benzene rings is 2. The summed E-state index contributed by atoms with van der Waals surface area (Å²) in [4.78, 5) is 2.27. The van der Waals surface area contributed by atoms with Gasteiger partial charge in [-0.2, -0.15) is 15.8 Å². The lowest BCUT2D eigenvalue weighted by molar-refractivity contribution is 0.199. The highest BCUT2D eigenvalue weighted by molar-refractivity contribution is 5.60. The molecule has 0 aromatic heterocycles. The van der Waals surface area contributed by atoms with Crippen LogP contribution in [0.3, 0.4) is 0 Å². The monoisotopic (exact) mass is 421 g/mol. The number of para-hydroxylation sites is 1. The van der Waals surface area contributed by atoms with E-state index in [-0.39, 0.29) is 17.2 Å². The molecule has 4 rings (SSSR count). The third-order valence-corrected chi connectivity index (χ3v) is 6.46. The molecule has 0 saturated carbocycles. The summed E-state index contributed by atoms with van der Waals surface area (Å²) < 4.78 is 5.60. The molecule has 6 nitrogen and oxygen atoms in total. The van der Waals surface area contributed by atoms with Gasteiger partial charge in [0.25, 0.3) is 0 Å². The smallest absolute Gasteiger partial charge is 0.191 e. The Hall–Kier alpha value is -4.05. The molecule has 6 heteroatoms. The average molecular weight is 422 g/mol. The first kappa shape index (κ1) is 21.2. The number of nitriles is 3. The predicted molar refractivity (Wildman–Crippen MR) is 120 cm³/mol. The van der Waals surface area contributed by atoms with E-state index < -0.39 is 11.3 Å². The van der Waals surface area contributed by atoms with E-state index in [0.717, 1.165) is 17.7 Å². The van der Waals surface area contributed by atoms with Crippen LogP contribution < -0.4 is 10.5 Å². The Morgan fingerprint density at radius 3 is 2.41 bits per heavy atom. The van der Waals surface area contributed by atoms with Gasteiger partial charge in [0.15, 0.2) is 5.41 Å². The fourth-order valence-corrected chi connectivity index (χ4v) is 4.98. The van der Waals surface area contributed by atoms with E-state index in [1.165, 1.54) is 5.56 Å². The second kappa shape index (κ2) is 8.60. The first-order valence-electron chi connectivity index (χ1n) is 10.4. The van der Waals surface area contributed by atoms with Crippen molar-refractivity contribution in [2.75, 3.05) is 20.2 Å². The number of nitrogens with two attached hydrogens (primary N) is 1. The predicted octanol–water partition coefficient (Wildman–Crippen LogP) is 3.62.